The van der Waals surface area contributed by atoms with Crippen LogP contribution in [0.1, 0.15) is 11.1 Å². The molecule has 0 radical (unpaired) electrons. The fraction of sp³-hybridized carbons (Fsp3) is 0.111. The molecule has 1 fully saturated rings. The number of benzene rings is 2. The number of nitro groups is 1. The van der Waals surface area contributed by atoms with Crippen molar-refractivity contribution in [2.45, 2.75) is 6.61 Å². The Hall–Kier alpha value is -3.59. The first kappa shape index (κ1) is 19.2. The SMILES string of the molecule is COc1cc(/C=C2\NC(=O)NC2=O)cc(Cl)c1OCc1ccc([N+](=O)[O-])cc1. The first-order valence-electron chi connectivity index (χ1n) is 7.95. The van der Waals surface area contributed by atoms with Crippen LogP contribution in [-0.4, -0.2) is 24.0 Å². The average Bonchev–Trinajstić information content (AvgIpc) is 2.97. The third kappa shape index (κ3) is 4.21. The third-order valence-electron chi connectivity index (χ3n) is 3.81. The van der Waals surface area contributed by atoms with Crippen molar-refractivity contribution in [3.63, 3.8) is 0 Å². The van der Waals surface area contributed by atoms with Gasteiger partial charge in [-0.1, -0.05) is 11.6 Å². The Morgan fingerprint density at radius 3 is 2.46 bits per heavy atom. The number of nitrogens with zero attached hydrogens (tertiary/aromatic N) is 1. The van der Waals surface area contributed by atoms with Crippen molar-refractivity contribution < 1.29 is 24.0 Å². The maximum atomic E-state index is 11.6. The Bertz CT molecular complexity index is 988. The first-order valence-corrected chi connectivity index (χ1v) is 8.33. The van der Waals surface area contributed by atoms with Crippen molar-refractivity contribution in [1.29, 1.82) is 0 Å². The number of hydrogen-bond acceptors (Lipinski definition) is 6. The summed E-state index contributed by atoms with van der Waals surface area (Å²) in [5.41, 5.74) is 1.31. The van der Waals surface area contributed by atoms with Crippen LogP contribution in [0.25, 0.3) is 6.08 Å². The number of amides is 3. The molecular weight excluding hydrogens is 390 g/mol. The van der Waals surface area contributed by atoms with Crippen molar-refractivity contribution in [3.8, 4) is 11.5 Å². The van der Waals surface area contributed by atoms with Gasteiger partial charge in [0, 0.05) is 12.1 Å². The van der Waals surface area contributed by atoms with E-state index in [0.29, 0.717) is 16.9 Å². The van der Waals surface area contributed by atoms with Gasteiger partial charge in [0.05, 0.1) is 17.1 Å². The summed E-state index contributed by atoms with van der Waals surface area (Å²) in [6.07, 6.45) is 1.45. The molecule has 0 saturated carbocycles. The number of urea groups is 1. The second-order valence-corrected chi connectivity index (χ2v) is 6.12. The molecule has 0 spiro atoms. The van der Waals surface area contributed by atoms with Gasteiger partial charge in [0.1, 0.15) is 12.3 Å². The van der Waals surface area contributed by atoms with Crippen molar-refractivity contribution in [1.82, 2.24) is 10.6 Å². The lowest BCUT2D eigenvalue weighted by molar-refractivity contribution is -0.384. The van der Waals surface area contributed by atoms with E-state index in [0.717, 1.165) is 0 Å². The maximum Gasteiger partial charge on any atom is 0.326 e. The Balaban J connectivity index is 1.80. The van der Waals surface area contributed by atoms with Gasteiger partial charge in [0.15, 0.2) is 11.5 Å². The second kappa shape index (κ2) is 7.97. The van der Waals surface area contributed by atoms with Crippen molar-refractivity contribution in [3.05, 3.63) is 68.4 Å². The summed E-state index contributed by atoms with van der Waals surface area (Å²) >= 11 is 6.29. The minimum atomic E-state index is -0.600. The lowest BCUT2D eigenvalue weighted by Crippen LogP contribution is -2.22. The number of ether oxygens (including phenoxy) is 2. The van der Waals surface area contributed by atoms with Crippen LogP contribution in [0.4, 0.5) is 10.5 Å². The van der Waals surface area contributed by atoms with Crippen molar-refractivity contribution in [2.75, 3.05) is 7.11 Å². The Morgan fingerprint density at radius 1 is 1.18 bits per heavy atom. The predicted octanol–water partition coefficient (Wildman–Crippen LogP) is 3.02. The van der Waals surface area contributed by atoms with Crippen LogP contribution in [0.5, 0.6) is 11.5 Å². The van der Waals surface area contributed by atoms with Crippen LogP contribution >= 0.6 is 11.6 Å². The summed E-state index contributed by atoms with van der Waals surface area (Å²) in [6, 6.07) is 8.48. The third-order valence-corrected chi connectivity index (χ3v) is 4.09. The quantitative estimate of drug-likeness (QED) is 0.331. The molecule has 2 N–H and O–H groups in total. The fourth-order valence-electron chi connectivity index (χ4n) is 2.48. The van der Waals surface area contributed by atoms with E-state index in [1.54, 1.807) is 24.3 Å². The Morgan fingerprint density at radius 2 is 1.89 bits per heavy atom. The van der Waals surface area contributed by atoms with Crippen LogP contribution in [0.3, 0.4) is 0 Å². The van der Waals surface area contributed by atoms with Crippen LogP contribution in [0, 0.1) is 10.1 Å². The van der Waals surface area contributed by atoms with Gasteiger partial charge in [-0.3, -0.25) is 20.2 Å². The molecule has 28 heavy (non-hydrogen) atoms. The van der Waals surface area contributed by atoms with Gasteiger partial charge in [0.2, 0.25) is 0 Å². The zero-order chi connectivity index (χ0) is 20.3. The van der Waals surface area contributed by atoms with Gasteiger partial charge in [-0.05, 0) is 41.5 Å². The molecule has 3 rings (SSSR count). The van der Waals surface area contributed by atoms with E-state index in [1.807, 2.05) is 0 Å². The molecule has 1 aliphatic heterocycles. The molecule has 2 aromatic rings. The second-order valence-electron chi connectivity index (χ2n) is 5.71. The van der Waals surface area contributed by atoms with E-state index >= 15 is 0 Å². The number of hydrogen-bond donors (Lipinski definition) is 2. The highest BCUT2D eigenvalue weighted by Gasteiger charge is 2.23. The zero-order valence-corrected chi connectivity index (χ0v) is 15.3. The monoisotopic (exact) mass is 403 g/mol. The summed E-state index contributed by atoms with van der Waals surface area (Å²) in [6.45, 7) is 0.118. The molecule has 1 aliphatic rings. The molecular formula is C18H14ClN3O6. The number of methoxy groups -OCH3 is 1. The molecule has 3 amide bonds. The van der Waals surface area contributed by atoms with Gasteiger partial charge in [0.25, 0.3) is 11.6 Å². The number of rotatable bonds is 6. The number of non-ortho nitro benzene ring substituents is 1. The first-order chi connectivity index (χ1) is 13.4. The number of carbonyl (C=O) groups is 2. The highest BCUT2D eigenvalue weighted by molar-refractivity contribution is 6.32. The highest BCUT2D eigenvalue weighted by Crippen LogP contribution is 2.37. The molecule has 0 unspecified atom stereocenters. The molecule has 1 saturated heterocycles. The molecule has 10 heteroatoms. The minimum Gasteiger partial charge on any atom is -0.493 e. The number of nitrogens with one attached hydrogen (secondary N) is 2. The molecule has 1 heterocycles. The van der Waals surface area contributed by atoms with E-state index in [2.05, 4.69) is 10.6 Å². The standard InChI is InChI=1S/C18H14ClN3O6/c1-27-15-8-11(7-14-17(23)21-18(24)20-14)6-13(19)16(15)28-9-10-2-4-12(5-3-10)22(25)26/h2-8H,9H2,1H3,(H2,20,21,23,24)/b14-7-. The Kier molecular flexibility index (Phi) is 5.46. The molecule has 0 aliphatic carbocycles. The summed E-state index contributed by atoms with van der Waals surface area (Å²) in [5.74, 6) is 0.0640. The molecule has 2 aromatic carbocycles. The highest BCUT2D eigenvalue weighted by atomic mass is 35.5. The minimum absolute atomic E-state index is 0.0141. The maximum absolute atomic E-state index is 11.6. The van der Waals surface area contributed by atoms with Crippen molar-refractivity contribution in [2.24, 2.45) is 0 Å². The summed E-state index contributed by atoms with van der Waals surface area (Å²) in [4.78, 5) is 33.0. The number of halogens is 1. The van der Waals surface area contributed by atoms with Crippen LogP contribution < -0.4 is 20.1 Å². The van der Waals surface area contributed by atoms with E-state index in [1.165, 1.54) is 25.3 Å². The lowest BCUT2D eigenvalue weighted by Gasteiger charge is -2.13. The van der Waals surface area contributed by atoms with E-state index in [9.17, 15) is 19.7 Å². The number of carbonyl (C=O) groups excluding carboxylic acids is 2. The Labute approximate surface area is 164 Å². The summed E-state index contributed by atoms with van der Waals surface area (Å²) < 4.78 is 11.0. The van der Waals surface area contributed by atoms with Gasteiger partial charge >= 0.3 is 6.03 Å². The molecule has 0 atom stereocenters. The normalized spacial score (nSPS) is 14.6. The van der Waals surface area contributed by atoms with Crippen LogP contribution in [-0.2, 0) is 11.4 Å². The summed E-state index contributed by atoms with van der Waals surface area (Å²) in [7, 11) is 1.44. The largest absolute Gasteiger partial charge is 0.493 e. The van der Waals surface area contributed by atoms with Gasteiger partial charge in [-0.2, -0.15) is 0 Å². The topological polar surface area (TPSA) is 120 Å². The van der Waals surface area contributed by atoms with Gasteiger partial charge in [-0.15, -0.1) is 0 Å². The molecule has 144 valence electrons. The average molecular weight is 404 g/mol. The predicted molar refractivity (Wildman–Crippen MR) is 100 cm³/mol. The van der Waals surface area contributed by atoms with Gasteiger partial charge in [-0.25, -0.2) is 4.79 Å². The van der Waals surface area contributed by atoms with E-state index in [-0.39, 0.29) is 28.8 Å². The van der Waals surface area contributed by atoms with E-state index in [4.69, 9.17) is 21.1 Å². The smallest absolute Gasteiger partial charge is 0.326 e. The van der Waals surface area contributed by atoms with E-state index < -0.39 is 16.9 Å². The van der Waals surface area contributed by atoms with Crippen molar-refractivity contribution >= 4 is 35.3 Å². The molecule has 9 nitrogen and oxygen atoms in total. The van der Waals surface area contributed by atoms with Gasteiger partial charge < -0.3 is 14.8 Å². The molecule has 0 bridgehead atoms. The fourth-order valence-corrected chi connectivity index (χ4v) is 2.76. The molecule has 0 aromatic heterocycles. The lowest BCUT2D eigenvalue weighted by atomic mass is 10.1. The number of imide groups is 1. The van der Waals surface area contributed by atoms with Crippen LogP contribution in [0.15, 0.2) is 42.1 Å². The number of nitro benzene ring substituents is 1. The summed E-state index contributed by atoms with van der Waals surface area (Å²) in [5, 5.41) is 15.4. The van der Waals surface area contributed by atoms with Crippen LogP contribution in [0.2, 0.25) is 5.02 Å². The zero-order valence-electron chi connectivity index (χ0n) is 14.5.